The van der Waals surface area contributed by atoms with Crippen molar-refractivity contribution in [1.82, 2.24) is 10.1 Å². The zero-order valence-corrected chi connectivity index (χ0v) is 9.71. The predicted octanol–water partition coefficient (Wildman–Crippen LogP) is -0.177. The van der Waals surface area contributed by atoms with Crippen LogP contribution in [0.5, 0.6) is 0 Å². The molecule has 7 nitrogen and oxygen atoms in total. The zero-order chi connectivity index (χ0) is 12.7. The van der Waals surface area contributed by atoms with E-state index in [-0.39, 0.29) is 13.1 Å². The number of ether oxygens (including phenoxy) is 2. The summed E-state index contributed by atoms with van der Waals surface area (Å²) in [6, 6.07) is 0. The summed E-state index contributed by atoms with van der Waals surface area (Å²) < 4.78 is 13.8. The van der Waals surface area contributed by atoms with Crippen LogP contribution in [0.4, 0.5) is 0 Å². The second-order valence-corrected chi connectivity index (χ2v) is 3.33. The summed E-state index contributed by atoms with van der Waals surface area (Å²) in [7, 11) is 2.58. The van der Waals surface area contributed by atoms with Crippen molar-refractivity contribution in [2.24, 2.45) is 0 Å². The minimum absolute atomic E-state index is 0.00319. The minimum atomic E-state index is -0.426. The molecule has 0 saturated heterocycles. The van der Waals surface area contributed by atoms with Crippen molar-refractivity contribution < 1.29 is 23.6 Å². The molecule has 1 aromatic rings. The summed E-state index contributed by atoms with van der Waals surface area (Å²) in [6.45, 7) is 0.348. The summed E-state index contributed by atoms with van der Waals surface area (Å²) in [6.07, 6.45) is 2.96. The van der Waals surface area contributed by atoms with Crippen LogP contribution in [0, 0.1) is 0 Å². The van der Waals surface area contributed by atoms with E-state index >= 15 is 0 Å². The van der Waals surface area contributed by atoms with Crippen molar-refractivity contribution in [3.8, 4) is 0 Å². The van der Waals surface area contributed by atoms with Gasteiger partial charge in [0.2, 0.25) is 0 Å². The highest BCUT2D eigenvalue weighted by Crippen LogP contribution is 2.03. The summed E-state index contributed by atoms with van der Waals surface area (Å²) in [5.41, 5.74) is 0.762. The number of nitrogens with zero attached hydrogens (tertiary/aromatic N) is 2. The van der Waals surface area contributed by atoms with Crippen molar-refractivity contribution in [1.29, 1.82) is 0 Å². The topological polar surface area (TPSA) is 81.9 Å². The highest BCUT2D eigenvalue weighted by molar-refractivity contribution is 5.74. The maximum Gasteiger partial charge on any atom is 0.319 e. The molecule has 0 radical (unpaired) electrons. The van der Waals surface area contributed by atoms with E-state index in [9.17, 15) is 9.59 Å². The fraction of sp³-hybridized carbons (Fsp3) is 0.500. The molecule has 17 heavy (non-hydrogen) atoms. The van der Waals surface area contributed by atoms with E-state index in [1.165, 1.54) is 26.7 Å². The summed E-state index contributed by atoms with van der Waals surface area (Å²) in [4.78, 5) is 23.9. The maximum atomic E-state index is 11.2. The van der Waals surface area contributed by atoms with Gasteiger partial charge in [0.25, 0.3) is 0 Å². The van der Waals surface area contributed by atoms with Crippen molar-refractivity contribution in [3.05, 3.63) is 18.0 Å². The van der Waals surface area contributed by atoms with Gasteiger partial charge in [-0.15, -0.1) is 0 Å². The lowest BCUT2D eigenvalue weighted by atomic mass is 10.3. The molecule has 7 heteroatoms. The van der Waals surface area contributed by atoms with Crippen LogP contribution < -0.4 is 0 Å². The van der Waals surface area contributed by atoms with E-state index in [0.29, 0.717) is 6.54 Å². The van der Waals surface area contributed by atoms with Gasteiger partial charge in [0.15, 0.2) is 0 Å². The van der Waals surface area contributed by atoms with Gasteiger partial charge in [-0.05, 0) is 0 Å². The van der Waals surface area contributed by atoms with Crippen LogP contribution in [0.2, 0.25) is 0 Å². The first-order valence-electron chi connectivity index (χ1n) is 4.90. The van der Waals surface area contributed by atoms with Gasteiger partial charge in [-0.3, -0.25) is 14.5 Å². The first-order valence-corrected chi connectivity index (χ1v) is 4.90. The molecule has 1 rings (SSSR count). The van der Waals surface area contributed by atoms with Gasteiger partial charge in [-0.25, -0.2) is 0 Å². The minimum Gasteiger partial charge on any atom is -0.468 e. The van der Waals surface area contributed by atoms with E-state index in [0.717, 1.165) is 5.56 Å². The largest absolute Gasteiger partial charge is 0.468 e. The molecule has 0 saturated carbocycles. The molecule has 0 aliphatic carbocycles. The Bertz CT molecular complexity index is 345. The third-order valence-electron chi connectivity index (χ3n) is 2.05. The normalized spacial score (nSPS) is 10.3. The Kier molecular flexibility index (Phi) is 5.15. The number of rotatable bonds is 6. The third-order valence-corrected chi connectivity index (χ3v) is 2.05. The molecule has 0 atom stereocenters. The molecular weight excluding hydrogens is 228 g/mol. The Morgan fingerprint density at radius 2 is 1.88 bits per heavy atom. The molecule has 1 heterocycles. The monoisotopic (exact) mass is 242 g/mol. The number of carbonyl (C=O) groups is 2. The summed E-state index contributed by atoms with van der Waals surface area (Å²) in [5.74, 6) is -0.851. The predicted molar refractivity (Wildman–Crippen MR) is 55.8 cm³/mol. The molecule has 0 fully saturated rings. The number of methoxy groups -OCH3 is 2. The van der Waals surface area contributed by atoms with Gasteiger partial charge < -0.3 is 14.0 Å². The van der Waals surface area contributed by atoms with Crippen molar-refractivity contribution in [2.45, 2.75) is 6.54 Å². The van der Waals surface area contributed by atoms with Crippen LogP contribution in [0.25, 0.3) is 0 Å². The van der Waals surface area contributed by atoms with Crippen molar-refractivity contribution in [3.63, 3.8) is 0 Å². The molecule has 0 aliphatic heterocycles. The number of hydrogen-bond donors (Lipinski definition) is 0. The maximum absolute atomic E-state index is 11.2. The van der Waals surface area contributed by atoms with E-state index in [1.54, 1.807) is 4.90 Å². The average molecular weight is 242 g/mol. The van der Waals surface area contributed by atoms with Crippen LogP contribution in [-0.4, -0.2) is 49.3 Å². The van der Waals surface area contributed by atoms with Crippen LogP contribution in [0.15, 0.2) is 17.0 Å². The number of esters is 2. The van der Waals surface area contributed by atoms with Crippen LogP contribution in [0.3, 0.4) is 0 Å². The van der Waals surface area contributed by atoms with Crippen LogP contribution in [-0.2, 0) is 25.6 Å². The highest BCUT2D eigenvalue weighted by Gasteiger charge is 2.16. The van der Waals surface area contributed by atoms with Gasteiger partial charge in [0.05, 0.1) is 33.5 Å². The number of carbonyl (C=O) groups excluding carboxylic acids is 2. The Hall–Kier alpha value is -1.89. The lowest BCUT2D eigenvalue weighted by molar-refractivity contribution is -0.145. The molecule has 0 N–H and O–H groups in total. The van der Waals surface area contributed by atoms with E-state index in [2.05, 4.69) is 19.2 Å². The molecule has 0 aromatic carbocycles. The molecule has 1 aromatic heterocycles. The molecule has 0 unspecified atom stereocenters. The third kappa shape index (κ3) is 4.64. The van der Waals surface area contributed by atoms with E-state index in [4.69, 9.17) is 0 Å². The highest BCUT2D eigenvalue weighted by atomic mass is 16.5. The Labute approximate surface area is 98.3 Å². The fourth-order valence-corrected chi connectivity index (χ4v) is 1.22. The summed E-state index contributed by atoms with van der Waals surface area (Å²) >= 11 is 0. The zero-order valence-electron chi connectivity index (χ0n) is 9.71. The first kappa shape index (κ1) is 13.2. The van der Waals surface area contributed by atoms with Gasteiger partial charge in [0.1, 0.15) is 6.26 Å². The number of hydrogen-bond acceptors (Lipinski definition) is 7. The van der Waals surface area contributed by atoms with Gasteiger partial charge in [-0.1, -0.05) is 5.16 Å². The van der Waals surface area contributed by atoms with Crippen LogP contribution in [0.1, 0.15) is 5.56 Å². The number of aromatic nitrogens is 1. The molecule has 94 valence electrons. The Morgan fingerprint density at radius 3 is 2.29 bits per heavy atom. The van der Waals surface area contributed by atoms with E-state index in [1.807, 2.05) is 0 Å². The van der Waals surface area contributed by atoms with Gasteiger partial charge in [0, 0.05) is 12.1 Å². The van der Waals surface area contributed by atoms with Gasteiger partial charge >= 0.3 is 11.9 Å². The molecular formula is C10H14N2O5. The molecule has 0 aliphatic rings. The standard InChI is InChI=1S/C10H14N2O5/c1-15-9(13)5-12(6-10(14)16-2)4-8-3-11-17-7-8/h3,7H,4-6H2,1-2H3. The van der Waals surface area contributed by atoms with Gasteiger partial charge in [-0.2, -0.15) is 0 Å². The fourth-order valence-electron chi connectivity index (χ4n) is 1.22. The lowest BCUT2D eigenvalue weighted by Gasteiger charge is -2.18. The van der Waals surface area contributed by atoms with Crippen molar-refractivity contribution >= 4 is 11.9 Å². The smallest absolute Gasteiger partial charge is 0.319 e. The molecule has 0 amide bonds. The summed E-state index contributed by atoms with van der Waals surface area (Å²) in [5, 5.41) is 3.54. The second kappa shape index (κ2) is 6.64. The molecule has 0 spiro atoms. The van der Waals surface area contributed by atoms with Crippen molar-refractivity contribution in [2.75, 3.05) is 27.3 Å². The lowest BCUT2D eigenvalue weighted by Crippen LogP contribution is -2.35. The Morgan fingerprint density at radius 1 is 1.29 bits per heavy atom. The Balaban J connectivity index is 2.58. The average Bonchev–Trinajstić information content (AvgIpc) is 2.81. The first-order chi connectivity index (χ1) is 8.15. The quantitative estimate of drug-likeness (QED) is 0.640. The molecule has 0 bridgehead atoms. The van der Waals surface area contributed by atoms with Crippen LogP contribution >= 0.6 is 0 Å². The van der Waals surface area contributed by atoms with E-state index < -0.39 is 11.9 Å². The second-order valence-electron chi connectivity index (χ2n) is 3.33. The SMILES string of the molecule is COC(=O)CN(CC(=O)OC)Cc1cnoc1.